The van der Waals surface area contributed by atoms with Crippen LogP contribution in [0.25, 0.3) is 0 Å². The van der Waals surface area contributed by atoms with Gasteiger partial charge in [0.15, 0.2) is 0 Å². The van der Waals surface area contributed by atoms with Crippen LogP contribution in [0.3, 0.4) is 0 Å². The third kappa shape index (κ3) is 7.56. The van der Waals surface area contributed by atoms with E-state index in [9.17, 15) is 0 Å². The van der Waals surface area contributed by atoms with E-state index in [1.807, 2.05) is 0 Å². The minimum atomic E-state index is 1.04. The van der Waals surface area contributed by atoms with Crippen molar-refractivity contribution in [1.29, 1.82) is 0 Å². The first-order valence-corrected chi connectivity index (χ1v) is 10.8. The third-order valence-corrected chi connectivity index (χ3v) is 6.29. The Labute approximate surface area is 146 Å². The van der Waals surface area contributed by atoms with E-state index in [1.165, 1.54) is 110 Å². The zero-order valence-electron chi connectivity index (χ0n) is 16.1. The van der Waals surface area contributed by atoms with Gasteiger partial charge in [0.25, 0.3) is 0 Å². The Balaban J connectivity index is 1.48. The smallest absolute Gasteiger partial charge is 0.00161 e. The lowest BCUT2D eigenvalue weighted by molar-refractivity contribution is 0.161. The van der Waals surface area contributed by atoms with Crippen LogP contribution in [0.5, 0.6) is 0 Å². The van der Waals surface area contributed by atoms with E-state index in [2.05, 4.69) is 23.6 Å². The molecule has 0 aromatic carbocycles. The van der Waals surface area contributed by atoms with Crippen LogP contribution < -0.4 is 0 Å². The molecule has 2 saturated heterocycles. The van der Waals surface area contributed by atoms with Crippen LogP contribution in [-0.4, -0.2) is 49.1 Å². The number of hydrogen-bond acceptors (Lipinski definition) is 2. The Morgan fingerprint density at radius 3 is 1.35 bits per heavy atom. The summed E-state index contributed by atoms with van der Waals surface area (Å²) in [5.74, 6) is 2.08. The Bertz CT molecular complexity index is 248. The lowest BCUT2D eigenvalue weighted by Gasteiger charge is -2.33. The first-order valence-electron chi connectivity index (χ1n) is 10.8. The van der Waals surface area contributed by atoms with Crippen molar-refractivity contribution in [3.05, 3.63) is 0 Å². The van der Waals surface area contributed by atoms with Crippen LogP contribution in [0, 0.1) is 11.8 Å². The maximum atomic E-state index is 2.70. The van der Waals surface area contributed by atoms with Crippen molar-refractivity contribution in [3.63, 3.8) is 0 Å². The fourth-order valence-corrected chi connectivity index (χ4v) is 4.46. The van der Waals surface area contributed by atoms with Gasteiger partial charge in [-0.3, -0.25) is 0 Å². The highest BCUT2D eigenvalue weighted by atomic mass is 15.1. The summed E-state index contributed by atoms with van der Waals surface area (Å²) in [5, 5.41) is 0. The van der Waals surface area contributed by atoms with Gasteiger partial charge in [-0.25, -0.2) is 0 Å². The fourth-order valence-electron chi connectivity index (χ4n) is 4.46. The van der Waals surface area contributed by atoms with Crippen LogP contribution in [0.15, 0.2) is 0 Å². The Morgan fingerprint density at radius 1 is 0.609 bits per heavy atom. The molecule has 0 unspecified atom stereocenters. The van der Waals surface area contributed by atoms with Crippen LogP contribution in [-0.2, 0) is 0 Å². The van der Waals surface area contributed by atoms with Gasteiger partial charge in [0.1, 0.15) is 0 Å². The van der Waals surface area contributed by atoms with Crippen LogP contribution in [0.4, 0.5) is 0 Å². The molecule has 0 N–H and O–H groups in total. The molecule has 2 fully saturated rings. The molecule has 23 heavy (non-hydrogen) atoms. The van der Waals surface area contributed by atoms with E-state index in [1.54, 1.807) is 0 Å². The molecule has 136 valence electrons. The third-order valence-electron chi connectivity index (χ3n) is 6.29. The molecule has 0 radical (unpaired) electrons. The van der Waals surface area contributed by atoms with E-state index in [0.29, 0.717) is 0 Å². The van der Waals surface area contributed by atoms with Crippen molar-refractivity contribution < 1.29 is 0 Å². The monoisotopic (exact) mass is 322 g/mol. The molecular weight excluding hydrogens is 280 g/mol. The highest BCUT2D eigenvalue weighted by Crippen LogP contribution is 2.27. The molecule has 2 nitrogen and oxygen atoms in total. The number of nitrogens with zero attached hydrogens (tertiary/aromatic N) is 2. The van der Waals surface area contributed by atoms with Gasteiger partial charge in [-0.15, -0.1) is 0 Å². The van der Waals surface area contributed by atoms with E-state index < -0.39 is 0 Å². The molecule has 2 heteroatoms. The number of rotatable bonds is 10. The lowest BCUT2D eigenvalue weighted by atomic mass is 9.87. The second-order valence-electron chi connectivity index (χ2n) is 8.21. The van der Waals surface area contributed by atoms with Gasteiger partial charge in [-0.05, 0) is 89.6 Å². The summed E-state index contributed by atoms with van der Waals surface area (Å²) < 4.78 is 0. The Morgan fingerprint density at radius 2 is 1.00 bits per heavy atom. The highest BCUT2D eigenvalue weighted by Gasteiger charge is 2.21. The van der Waals surface area contributed by atoms with Gasteiger partial charge < -0.3 is 9.80 Å². The maximum absolute atomic E-state index is 2.70. The molecule has 2 rings (SSSR count). The van der Waals surface area contributed by atoms with E-state index in [-0.39, 0.29) is 0 Å². The molecule has 0 aromatic rings. The number of unbranched alkanes of at least 4 members (excludes halogenated alkanes) is 2. The Kier molecular flexibility index (Phi) is 9.60. The standard InChI is InChI=1S/C21H42N2/c1-3-5-14-22-16-10-20(11-17-22)8-7-9-21-12-18-23(19-13-21)15-6-4-2/h20-21H,3-19H2,1-2H3. The largest absolute Gasteiger partial charge is 0.303 e. The average molecular weight is 323 g/mol. The molecule has 0 amide bonds. The van der Waals surface area contributed by atoms with Gasteiger partial charge in [0, 0.05) is 0 Å². The van der Waals surface area contributed by atoms with E-state index >= 15 is 0 Å². The van der Waals surface area contributed by atoms with E-state index in [0.717, 1.165) is 11.8 Å². The molecular formula is C21H42N2. The molecule has 0 bridgehead atoms. The minimum Gasteiger partial charge on any atom is -0.303 e. The van der Waals surface area contributed by atoms with Gasteiger partial charge in [-0.2, -0.15) is 0 Å². The average Bonchev–Trinajstić information content (AvgIpc) is 2.60. The van der Waals surface area contributed by atoms with Crippen molar-refractivity contribution in [1.82, 2.24) is 9.80 Å². The minimum absolute atomic E-state index is 1.04. The second kappa shape index (κ2) is 11.5. The summed E-state index contributed by atoms with van der Waals surface area (Å²) in [4.78, 5) is 5.40. The molecule has 0 atom stereocenters. The highest BCUT2D eigenvalue weighted by molar-refractivity contribution is 4.75. The van der Waals surface area contributed by atoms with Crippen molar-refractivity contribution in [3.8, 4) is 0 Å². The van der Waals surface area contributed by atoms with Crippen LogP contribution in [0.1, 0.15) is 84.5 Å². The molecule has 0 saturated carbocycles. The molecule has 2 aliphatic heterocycles. The molecule has 0 aliphatic carbocycles. The van der Waals surface area contributed by atoms with Crippen molar-refractivity contribution in [2.45, 2.75) is 84.5 Å². The van der Waals surface area contributed by atoms with Gasteiger partial charge in [0.05, 0.1) is 0 Å². The van der Waals surface area contributed by atoms with Crippen LogP contribution >= 0.6 is 0 Å². The number of likely N-dealkylation sites (tertiary alicyclic amines) is 2. The predicted octanol–water partition coefficient (Wildman–Crippen LogP) is 5.18. The van der Waals surface area contributed by atoms with Crippen molar-refractivity contribution in [2.24, 2.45) is 11.8 Å². The van der Waals surface area contributed by atoms with Crippen LogP contribution in [0.2, 0.25) is 0 Å². The van der Waals surface area contributed by atoms with Gasteiger partial charge in [-0.1, -0.05) is 46.0 Å². The SMILES string of the molecule is CCCCN1CCC(CCCC2CCN(CCCC)CC2)CC1. The fraction of sp³-hybridized carbons (Fsp3) is 1.00. The predicted molar refractivity (Wildman–Crippen MR) is 102 cm³/mol. The summed E-state index contributed by atoms with van der Waals surface area (Å²) in [6.07, 6.45) is 15.9. The second-order valence-corrected chi connectivity index (χ2v) is 8.21. The first kappa shape index (κ1) is 19.2. The molecule has 0 spiro atoms. The molecule has 2 heterocycles. The zero-order valence-corrected chi connectivity index (χ0v) is 16.1. The van der Waals surface area contributed by atoms with Gasteiger partial charge >= 0.3 is 0 Å². The summed E-state index contributed by atoms with van der Waals surface area (Å²) in [7, 11) is 0. The summed E-state index contributed by atoms with van der Waals surface area (Å²) in [6.45, 7) is 12.8. The summed E-state index contributed by atoms with van der Waals surface area (Å²) >= 11 is 0. The van der Waals surface area contributed by atoms with E-state index in [4.69, 9.17) is 0 Å². The topological polar surface area (TPSA) is 6.48 Å². The maximum Gasteiger partial charge on any atom is -0.00161 e. The van der Waals surface area contributed by atoms with Crippen molar-refractivity contribution >= 4 is 0 Å². The zero-order chi connectivity index (χ0) is 16.3. The number of piperidine rings is 2. The molecule has 0 aromatic heterocycles. The van der Waals surface area contributed by atoms with Crippen molar-refractivity contribution in [2.75, 3.05) is 39.3 Å². The lowest BCUT2D eigenvalue weighted by Crippen LogP contribution is -2.35. The number of hydrogen-bond donors (Lipinski definition) is 0. The summed E-state index contributed by atoms with van der Waals surface area (Å²) in [5.41, 5.74) is 0. The Hall–Kier alpha value is -0.0800. The first-order chi connectivity index (χ1) is 11.3. The van der Waals surface area contributed by atoms with Gasteiger partial charge in [0.2, 0.25) is 0 Å². The normalized spacial score (nSPS) is 22.7. The summed E-state index contributed by atoms with van der Waals surface area (Å²) in [6, 6.07) is 0. The quantitative estimate of drug-likeness (QED) is 0.547. The molecule has 2 aliphatic rings.